The van der Waals surface area contributed by atoms with E-state index in [0.717, 1.165) is 23.4 Å². The number of rotatable bonds is 6. The van der Waals surface area contributed by atoms with Crippen LogP contribution in [0.5, 0.6) is 0 Å². The molecule has 0 unspecified atom stereocenters. The predicted octanol–water partition coefficient (Wildman–Crippen LogP) is 2.86. The Morgan fingerprint density at radius 1 is 1.33 bits per heavy atom. The molecule has 0 radical (unpaired) electrons. The smallest absolute Gasteiger partial charge is 0.251 e. The number of ketones is 1. The quantitative estimate of drug-likeness (QED) is 0.656. The summed E-state index contributed by atoms with van der Waals surface area (Å²) in [4.78, 5) is 35.2. The second kappa shape index (κ2) is 7.17. The lowest BCUT2D eigenvalue weighted by atomic mass is 10.2. The van der Waals surface area contributed by atoms with Crippen LogP contribution >= 0.6 is 11.8 Å². The van der Waals surface area contributed by atoms with E-state index in [4.69, 9.17) is 0 Å². The molecule has 0 spiro atoms. The number of aromatic amines is 1. The van der Waals surface area contributed by atoms with Crippen LogP contribution in [0.15, 0.2) is 39.2 Å². The van der Waals surface area contributed by atoms with Gasteiger partial charge in [-0.3, -0.25) is 14.6 Å². The number of nitrogens with zero attached hydrogens (tertiary/aromatic N) is 2. The van der Waals surface area contributed by atoms with Gasteiger partial charge in [0.2, 0.25) is 0 Å². The van der Waals surface area contributed by atoms with Gasteiger partial charge in [-0.05, 0) is 18.6 Å². The van der Waals surface area contributed by atoms with Crippen LogP contribution in [0.3, 0.4) is 0 Å². The van der Waals surface area contributed by atoms with Gasteiger partial charge in [0.05, 0.1) is 0 Å². The molecule has 2 heterocycles. The van der Waals surface area contributed by atoms with Gasteiger partial charge in [-0.15, -0.1) is 0 Å². The van der Waals surface area contributed by atoms with Gasteiger partial charge >= 0.3 is 0 Å². The van der Waals surface area contributed by atoms with Gasteiger partial charge in [0.15, 0.2) is 10.9 Å². The van der Waals surface area contributed by atoms with Crippen LogP contribution in [-0.4, -0.2) is 20.7 Å². The highest BCUT2D eigenvalue weighted by molar-refractivity contribution is 7.99. The Hall–Kier alpha value is -1.95. The summed E-state index contributed by atoms with van der Waals surface area (Å²) in [6.45, 7) is 3.85. The zero-order valence-electron chi connectivity index (χ0n) is 12.0. The molecule has 110 valence electrons. The SMILES string of the molecule is CCCc1cc(=O)[nH]c(Sc2ccc(C(=O)CC)nc2)n1. The molecule has 2 rings (SSSR count). The highest BCUT2D eigenvalue weighted by Crippen LogP contribution is 2.23. The lowest BCUT2D eigenvalue weighted by Crippen LogP contribution is -2.09. The number of aryl methyl sites for hydroxylation is 1. The van der Waals surface area contributed by atoms with Crippen molar-refractivity contribution in [3.8, 4) is 0 Å². The van der Waals surface area contributed by atoms with Gasteiger partial charge in [0.1, 0.15) is 5.69 Å². The predicted molar refractivity (Wildman–Crippen MR) is 81.8 cm³/mol. The van der Waals surface area contributed by atoms with Gasteiger partial charge < -0.3 is 4.98 Å². The number of carbonyl (C=O) groups excluding carboxylic acids is 1. The molecular formula is C15H17N3O2S. The van der Waals surface area contributed by atoms with Crippen molar-refractivity contribution in [1.82, 2.24) is 15.0 Å². The summed E-state index contributed by atoms with van der Waals surface area (Å²) >= 11 is 1.33. The van der Waals surface area contributed by atoms with Gasteiger partial charge in [0.25, 0.3) is 5.56 Å². The highest BCUT2D eigenvalue weighted by Gasteiger charge is 2.07. The number of Topliss-reactive ketones (excluding diaryl/α,β-unsaturated/α-hetero) is 1. The van der Waals surface area contributed by atoms with Crippen molar-refractivity contribution in [2.24, 2.45) is 0 Å². The van der Waals surface area contributed by atoms with Crippen LogP contribution in [0.1, 0.15) is 42.9 Å². The lowest BCUT2D eigenvalue weighted by molar-refractivity contribution is 0.0983. The minimum Gasteiger partial charge on any atom is -0.301 e. The van der Waals surface area contributed by atoms with E-state index >= 15 is 0 Å². The first-order valence-electron chi connectivity index (χ1n) is 6.89. The summed E-state index contributed by atoms with van der Waals surface area (Å²) in [5, 5.41) is 0.544. The molecule has 0 saturated carbocycles. The molecule has 5 nitrogen and oxygen atoms in total. The van der Waals surface area contributed by atoms with E-state index in [1.807, 2.05) is 13.0 Å². The number of nitrogens with one attached hydrogen (secondary N) is 1. The Balaban J connectivity index is 2.18. The normalized spacial score (nSPS) is 10.6. The number of carbonyl (C=O) groups is 1. The van der Waals surface area contributed by atoms with Gasteiger partial charge in [0, 0.05) is 29.3 Å². The summed E-state index contributed by atoms with van der Waals surface area (Å²) in [5.74, 6) is 0.0167. The third-order valence-corrected chi connectivity index (χ3v) is 3.70. The molecule has 2 aromatic rings. The standard InChI is InChI=1S/C15H17N3O2S/c1-3-5-10-8-14(20)18-15(17-10)21-11-6-7-12(16-9-11)13(19)4-2/h6-9H,3-5H2,1-2H3,(H,17,18,20). The molecule has 2 aromatic heterocycles. The molecule has 0 aromatic carbocycles. The maximum atomic E-state index is 11.6. The maximum Gasteiger partial charge on any atom is 0.251 e. The maximum absolute atomic E-state index is 11.6. The first-order valence-corrected chi connectivity index (χ1v) is 7.71. The van der Waals surface area contributed by atoms with E-state index in [0.29, 0.717) is 17.3 Å². The third kappa shape index (κ3) is 4.26. The second-order valence-electron chi connectivity index (χ2n) is 4.55. The molecule has 21 heavy (non-hydrogen) atoms. The molecule has 0 aliphatic rings. The van der Waals surface area contributed by atoms with Crippen LogP contribution in [0.4, 0.5) is 0 Å². The van der Waals surface area contributed by atoms with E-state index in [9.17, 15) is 9.59 Å². The second-order valence-corrected chi connectivity index (χ2v) is 5.61. The topological polar surface area (TPSA) is 75.7 Å². The molecule has 0 fully saturated rings. The Kier molecular flexibility index (Phi) is 5.27. The van der Waals surface area contributed by atoms with Crippen molar-refractivity contribution in [3.63, 3.8) is 0 Å². The van der Waals surface area contributed by atoms with Crippen LogP contribution < -0.4 is 5.56 Å². The molecular weight excluding hydrogens is 286 g/mol. The molecule has 0 saturated heterocycles. The first-order chi connectivity index (χ1) is 10.1. The average molecular weight is 303 g/mol. The summed E-state index contributed by atoms with van der Waals surface area (Å²) < 4.78 is 0. The van der Waals surface area contributed by atoms with Gasteiger partial charge in [-0.2, -0.15) is 0 Å². The molecule has 1 N–H and O–H groups in total. The average Bonchev–Trinajstić information content (AvgIpc) is 2.47. The largest absolute Gasteiger partial charge is 0.301 e. The van der Waals surface area contributed by atoms with Crippen molar-refractivity contribution in [2.75, 3.05) is 0 Å². The number of hydrogen-bond donors (Lipinski definition) is 1. The lowest BCUT2D eigenvalue weighted by Gasteiger charge is -2.04. The molecule has 0 aliphatic heterocycles. The van der Waals surface area contributed by atoms with Crippen LogP contribution in [0.2, 0.25) is 0 Å². The fourth-order valence-corrected chi connectivity index (χ4v) is 2.59. The van der Waals surface area contributed by atoms with Crippen molar-refractivity contribution in [2.45, 2.75) is 43.2 Å². The third-order valence-electron chi connectivity index (χ3n) is 2.84. The zero-order valence-corrected chi connectivity index (χ0v) is 12.9. The number of pyridine rings is 1. The Bertz CT molecular complexity index is 680. The van der Waals surface area contributed by atoms with E-state index < -0.39 is 0 Å². The van der Waals surface area contributed by atoms with E-state index in [-0.39, 0.29) is 11.3 Å². The van der Waals surface area contributed by atoms with Gasteiger partial charge in [-0.1, -0.05) is 32.0 Å². The number of H-pyrrole nitrogens is 1. The van der Waals surface area contributed by atoms with Crippen molar-refractivity contribution < 1.29 is 4.79 Å². The van der Waals surface area contributed by atoms with Crippen LogP contribution in [-0.2, 0) is 6.42 Å². The zero-order chi connectivity index (χ0) is 15.2. The molecule has 0 amide bonds. The van der Waals surface area contributed by atoms with Crippen molar-refractivity contribution >= 4 is 17.5 Å². The fraction of sp³-hybridized carbons (Fsp3) is 0.333. The monoisotopic (exact) mass is 303 g/mol. The first kappa shape index (κ1) is 15.4. The highest BCUT2D eigenvalue weighted by atomic mass is 32.2. The number of aromatic nitrogens is 3. The Morgan fingerprint density at radius 2 is 2.14 bits per heavy atom. The number of hydrogen-bond acceptors (Lipinski definition) is 5. The minimum absolute atomic E-state index is 0.0167. The van der Waals surface area contributed by atoms with Crippen molar-refractivity contribution in [3.05, 3.63) is 46.1 Å². The summed E-state index contributed by atoms with van der Waals surface area (Å²) in [6, 6.07) is 5.03. The Labute approximate surface area is 127 Å². The molecule has 0 bridgehead atoms. The van der Waals surface area contributed by atoms with Crippen molar-refractivity contribution in [1.29, 1.82) is 0 Å². The van der Waals surface area contributed by atoms with E-state index in [1.165, 1.54) is 17.8 Å². The summed E-state index contributed by atoms with van der Waals surface area (Å²) in [5.41, 5.74) is 1.10. The van der Waals surface area contributed by atoms with Crippen LogP contribution in [0, 0.1) is 0 Å². The molecule has 0 atom stereocenters. The summed E-state index contributed by atoms with van der Waals surface area (Å²) in [7, 11) is 0. The van der Waals surface area contributed by atoms with Crippen LogP contribution in [0.25, 0.3) is 0 Å². The van der Waals surface area contributed by atoms with E-state index in [2.05, 4.69) is 15.0 Å². The fourth-order valence-electron chi connectivity index (χ4n) is 1.81. The van der Waals surface area contributed by atoms with Gasteiger partial charge in [-0.25, -0.2) is 4.98 Å². The molecule has 6 heteroatoms. The minimum atomic E-state index is -0.151. The molecule has 0 aliphatic carbocycles. The Morgan fingerprint density at radius 3 is 2.76 bits per heavy atom. The summed E-state index contributed by atoms with van der Waals surface area (Å²) in [6.07, 6.45) is 3.78. The van der Waals surface area contributed by atoms with E-state index in [1.54, 1.807) is 19.2 Å².